The van der Waals surface area contributed by atoms with E-state index in [1.165, 1.54) is 5.56 Å². The predicted molar refractivity (Wildman–Crippen MR) is 76.9 cm³/mol. The number of carbonyl (C=O) groups excluding carboxylic acids is 1. The first kappa shape index (κ1) is 13.1. The maximum Gasteiger partial charge on any atom is 0.255 e. The Morgan fingerprint density at radius 2 is 1.74 bits per heavy atom. The lowest BCUT2D eigenvalue weighted by molar-refractivity contribution is 0.102. The predicted octanol–water partition coefficient (Wildman–Crippen LogP) is 3.56. The van der Waals surface area contributed by atoms with E-state index in [4.69, 9.17) is 4.74 Å². The van der Waals surface area contributed by atoms with Gasteiger partial charge in [0.2, 0.25) is 0 Å². The van der Waals surface area contributed by atoms with Crippen molar-refractivity contribution in [2.24, 2.45) is 0 Å². The van der Waals surface area contributed by atoms with Crippen molar-refractivity contribution in [3.8, 4) is 5.75 Å². The summed E-state index contributed by atoms with van der Waals surface area (Å²) in [4.78, 5) is 12.2. The molecular weight excluding hydrogens is 238 g/mol. The topological polar surface area (TPSA) is 38.3 Å². The number of ether oxygens (including phenoxy) is 1. The van der Waals surface area contributed by atoms with Gasteiger partial charge in [-0.25, -0.2) is 0 Å². The zero-order valence-corrected chi connectivity index (χ0v) is 11.4. The van der Waals surface area contributed by atoms with Gasteiger partial charge in [-0.15, -0.1) is 0 Å². The third-order valence-electron chi connectivity index (χ3n) is 2.99. The smallest absolute Gasteiger partial charge is 0.255 e. The first-order valence-corrected chi connectivity index (χ1v) is 6.13. The third kappa shape index (κ3) is 3.13. The molecule has 3 heteroatoms. The summed E-state index contributed by atoms with van der Waals surface area (Å²) >= 11 is 0. The Labute approximate surface area is 113 Å². The van der Waals surface area contributed by atoms with E-state index >= 15 is 0 Å². The van der Waals surface area contributed by atoms with E-state index in [2.05, 4.69) is 5.32 Å². The van der Waals surface area contributed by atoms with Gasteiger partial charge in [0, 0.05) is 11.3 Å². The van der Waals surface area contributed by atoms with Gasteiger partial charge < -0.3 is 10.1 Å². The van der Waals surface area contributed by atoms with Crippen LogP contribution >= 0.6 is 0 Å². The lowest BCUT2D eigenvalue weighted by atomic mass is 10.1. The Morgan fingerprint density at radius 3 is 2.32 bits per heavy atom. The molecule has 0 spiro atoms. The molecule has 19 heavy (non-hydrogen) atoms. The molecular formula is C16H17NO2. The monoisotopic (exact) mass is 255 g/mol. The molecule has 2 aromatic rings. The van der Waals surface area contributed by atoms with Crippen LogP contribution in [0.4, 0.5) is 5.69 Å². The molecule has 1 N–H and O–H groups in total. The number of aryl methyl sites for hydroxylation is 2. The molecule has 98 valence electrons. The van der Waals surface area contributed by atoms with Gasteiger partial charge in [0.1, 0.15) is 5.75 Å². The van der Waals surface area contributed by atoms with Crippen LogP contribution in [0.1, 0.15) is 21.5 Å². The summed E-state index contributed by atoms with van der Waals surface area (Å²) in [5.41, 5.74) is 3.51. The summed E-state index contributed by atoms with van der Waals surface area (Å²) in [7, 11) is 1.61. The van der Waals surface area contributed by atoms with E-state index in [9.17, 15) is 4.79 Å². The molecule has 2 rings (SSSR count). The first-order chi connectivity index (χ1) is 9.10. The van der Waals surface area contributed by atoms with Crippen LogP contribution in [0.15, 0.2) is 42.5 Å². The fraction of sp³-hybridized carbons (Fsp3) is 0.188. The number of carbonyl (C=O) groups is 1. The number of nitrogens with one attached hydrogen (secondary N) is 1. The molecule has 0 saturated heterocycles. The Hall–Kier alpha value is -2.29. The van der Waals surface area contributed by atoms with E-state index in [1.807, 2.05) is 44.2 Å². The lowest BCUT2D eigenvalue weighted by Gasteiger charge is -2.09. The Kier molecular flexibility index (Phi) is 3.85. The highest BCUT2D eigenvalue weighted by molar-refractivity contribution is 6.05. The van der Waals surface area contributed by atoms with Crippen molar-refractivity contribution in [2.75, 3.05) is 12.4 Å². The molecule has 0 radical (unpaired) electrons. The fourth-order valence-corrected chi connectivity index (χ4v) is 1.85. The summed E-state index contributed by atoms with van der Waals surface area (Å²) in [6, 6.07) is 13.1. The third-order valence-corrected chi connectivity index (χ3v) is 2.99. The second-order valence-corrected chi connectivity index (χ2v) is 4.50. The SMILES string of the molecule is COc1ccc(C(=O)Nc2ccc(C)cc2)c(C)c1. The summed E-state index contributed by atoms with van der Waals surface area (Å²) in [5.74, 6) is 0.647. The number of anilines is 1. The average Bonchev–Trinajstić information content (AvgIpc) is 2.41. The van der Waals surface area contributed by atoms with E-state index < -0.39 is 0 Å². The molecule has 0 aliphatic rings. The maximum absolute atomic E-state index is 12.2. The lowest BCUT2D eigenvalue weighted by Crippen LogP contribution is -2.13. The van der Waals surface area contributed by atoms with Gasteiger partial charge in [0.25, 0.3) is 5.91 Å². The second kappa shape index (κ2) is 5.57. The Bertz CT molecular complexity index is 588. The van der Waals surface area contributed by atoms with Gasteiger partial charge >= 0.3 is 0 Å². The number of hydrogen-bond donors (Lipinski definition) is 1. The summed E-state index contributed by atoms with van der Waals surface area (Å²) in [5, 5.41) is 2.88. The van der Waals surface area contributed by atoms with E-state index in [1.54, 1.807) is 19.2 Å². The van der Waals surface area contributed by atoms with Crippen LogP contribution in [-0.2, 0) is 0 Å². The minimum atomic E-state index is -0.107. The minimum absolute atomic E-state index is 0.107. The van der Waals surface area contributed by atoms with Crippen molar-refractivity contribution >= 4 is 11.6 Å². The Balaban J connectivity index is 2.18. The summed E-state index contributed by atoms with van der Waals surface area (Å²) in [6.45, 7) is 3.91. The van der Waals surface area contributed by atoms with Gasteiger partial charge in [0.15, 0.2) is 0 Å². The van der Waals surface area contributed by atoms with E-state index in [0.29, 0.717) is 5.56 Å². The quantitative estimate of drug-likeness (QED) is 0.910. The molecule has 3 nitrogen and oxygen atoms in total. The largest absolute Gasteiger partial charge is 0.497 e. The van der Waals surface area contributed by atoms with Crippen molar-refractivity contribution in [3.63, 3.8) is 0 Å². The van der Waals surface area contributed by atoms with Gasteiger partial charge in [-0.1, -0.05) is 17.7 Å². The molecule has 0 atom stereocenters. The molecule has 2 aromatic carbocycles. The van der Waals surface area contributed by atoms with Crippen LogP contribution in [0.5, 0.6) is 5.75 Å². The summed E-state index contributed by atoms with van der Waals surface area (Å²) in [6.07, 6.45) is 0. The number of benzene rings is 2. The molecule has 1 amide bonds. The minimum Gasteiger partial charge on any atom is -0.497 e. The number of hydrogen-bond acceptors (Lipinski definition) is 2. The molecule has 0 aliphatic carbocycles. The highest BCUT2D eigenvalue weighted by Gasteiger charge is 2.09. The Morgan fingerprint density at radius 1 is 1.05 bits per heavy atom. The van der Waals surface area contributed by atoms with Gasteiger partial charge in [-0.05, 0) is 49.7 Å². The highest BCUT2D eigenvalue weighted by Crippen LogP contribution is 2.18. The molecule has 0 unspecified atom stereocenters. The van der Waals surface area contributed by atoms with Crippen LogP contribution in [0, 0.1) is 13.8 Å². The van der Waals surface area contributed by atoms with Gasteiger partial charge in [0.05, 0.1) is 7.11 Å². The van der Waals surface area contributed by atoms with Crippen LogP contribution in [0.2, 0.25) is 0 Å². The fourth-order valence-electron chi connectivity index (χ4n) is 1.85. The van der Waals surface area contributed by atoms with Crippen LogP contribution < -0.4 is 10.1 Å². The van der Waals surface area contributed by atoms with Crippen molar-refractivity contribution in [3.05, 3.63) is 59.2 Å². The van der Waals surface area contributed by atoms with Crippen molar-refractivity contribution in [1.82, 2.24) is 0 Å². The van der Waals surface area contributed by atoms with Crippen LogP contribution in [0.3, 0.4) is 0 Å². The van der Waals surface area contributed by atoms with Crippen LogP contribution in [0.25, 0.3) is 0 Å². The van der Waals surface area contributed by atoms with E-state index in [0.717, 1.165) is 17.0 Å². The van der Waals surface area contributed by atoms with Crippen LogP contribution in [-0.4, -0.2) is 13.0 Å². The van der Waals surface area contributed by atoms with Crippen molar-refractivity contribution in [1.29, 1.82) is 0 Å². The van der Waals surface area contributed by atoms with Crippen molar-refractivity contribution < 1.29 is 9.53 Å². The normalized spacial score (nSPS) is 10.1. The second-order valence-electron chi connectivity index (χ2n) is 4.50. The molecule has 0 aromatic heterocycles. The zero-order valence-electron chi connectivity index (χ0n) is 11.4. The number of rotatable bonds is 3. The average molecular weight is 255 g/mol. The molecule has 0 fully saturated rings. The van der Waals surface area contributed by atoms with Crippen molar-refractivity contribution in [2.45, 2.75) is 13.8 Å². The molecule has 0 heterocycles. The molecule has 0 saturated carbocycles. The maximum atomic E-state index is 12.2. The number of amides is 1. The standard InChI is InChI=1S/C16H17NO2/c1-11-4-6-13(7-5-11)17-16(18)15-9-8-14(19-3)10-12(15)2/h4-10H,1-3H3,(H,17,18). The summed E-state index contributed by atoms with van der Waals surface area (Å²) < 4.78 is 5.13. The highest BCUT2D eigenvalue weighted by atomic mass is 16.5. The molecule has 0 bridgehead atoms. The van der Waals surface area contributed by atoms with Gasteiger partial charge in [-0.2, -0.15) is 0 Å². The first-order valence-electron chi connectivity index (χ1n) is 6.13. The van der Waals surface area contributed by atoms with E-state index in [-0.39, 0.29) is 5.91 Å². The molecule has 0 aliphatic heterocycles. The zero-order chi connectivity index (χ0) is 13.8. The number of methoxy groups -OCH3 is 1. The van der Waals surface area contributed by atoms with Gasteiger partial charge in [-0.3, -0.25) is 4.79 Å².